The molecule has 0 bridgehead atoms. The van der Waals surface area contributed by atoms with Crippen molar-refractivity contribution in [1.82, 2.24) is 21.3 Å². The first kappa shape index (κ1) is 18.1. The third kappa shape index (κ3) is 4.90. The van der Waals surface area contributed by atoms with E-state index in [0.29, 0.717) is 0 Å². The molecule has 0 amide bonds. The fourth-order valence-electron chi connectivity index (χ4n) is 3.78. The molecule has 5 N–H and O–H groups in total. The second-order valence-electron chi connectivity index (χ2n) is 6.69. The van der Waals surface area contributed by atoms with E-state index in [2.05, 4.69) is 21.3 Å². The summed E-state index contributed by atoms with van der Waals surface area (Å²) in [7, 11) is 0. The highest BCUT2D eigenvalue weighted by molar-refractivity contribution is 5.67. The molecule has 2 aliphatic rings. The van der Waals surface area contributed by atoms with Crippen LogP contribution in [0.15, 0.2) is 24.3 Å². The van der Waals surface area contributed by atoms with Gasteiger partial charge in [0.1, 0.15) is 12.4 Å². The number of likely N-dealkylation sites (tertiary alicyclic amines) is 1. The second kappa shape index (κ2) is 8.59. The van der Waals surface area contributed by atoms with E-state index in [4.69, 9.17) is 9.84 Å². The Balaban J connectivity index is 1.63. The fourth-order valence-corrected chi connectivity index (χ4v) is 3.78. The molecule has 1 aromatic rings. The number of aliphatic carboxylic acids is 1. The summed E-state index contributed by atoms with van der Waals surface area (Å²) < 4.78 is 5.46. The molecule has 2 saturated heterocycles. The van der Waals surface area contributed by atoms with E-state index in [9.17, 15) is 9.90 Å². The van der Waals surface area contributed by atoms with Gasteiger partial charge in [-0.25, -0.2) is 10.9 Å². The Labute approximate surface area is 147 Å². The number of hydrazine groups is 2. The van der Waals surface area contributed by atoms with Gasteiger partial charge in [-0.15, -0.1) is 0 Å². The predicted octanol–water partition coefficient (Wildman–Crippen LogP) is -0.439. The maximum atomic E-state index is 11.2. The van der Waals surface area contributed by atoms with Gasteiger partial charge in [0, 0.05) is 38.6 Å². The first-order chi connectivity index (χ1) is 12.2. The molecule has 0 spiro atoms. The van der Waals surface area contributed by atoms with Crippen LogP contribution in [0.25, 0.3) is 0 Å². The molecule has 2 aliphatic heterocycles. The van der Waals surface area contributed by atoms with Crippen LogP contribution in [0.1, 0.15) is 12.0 Å². The molecule has 25 heavy (non-hydrogen) atoms. The second-order valence-corrected chi connectivity index (χ2v) is 6.69. The van der Waals surface area contributed by atoms with Gasteiger partial charge in [-0.05, 0) is 29.5 Å². The Morgan fingerprint density at radius 1 is 1.36 bits per heavy atom. The van der Waals surface area contributed by atoms with Crippen LogP contribution in [0.2, 0.25) is 0 Å². The molecule has 1 aromatic carbocycles. The number of carboxylic acid groups (broad SMARTS) is 1. The number of hydrogen-bond acceptors (Lipinski definition) is 7. The van der Waals surface area contributed by atoms with Crippen molar-refractivity contribution in [2.45, 2.75) is 19.0 Å². The van der Waals surface area contributed by atoms with E-state index >= 15 is 0 Å². The van der Waals surface area contributed by atoms with Crippen LogP contribution >= 0.6 is 0 Å². The van der Waals surface area contributed by atoms with Crippen molar-refractivity contribution in [3.8, 4) is 5.75 Å². The third-order valence-electron chi connectivity index (χ3n) is 4.85. The van der Waals surface area contributed by atoms with Crippen molar-refractivity contribution in [2.24, 2.45) is 11.8 Å². The Bertz CT molecular complexity index is 580. The molecule has 1 unspecified atom stereocenters. The van der Waals surface area contributed by atoms with Crippen molar-refractivity contribution in [2.75, 3.05) is 32.8 Å². The minimum atomic E-state index is -0.741. The van der Waals surface area contributed by atoms with Crippen LogP contribution in [0, 0.1) is 11.8 Å². The Kier molecular flexibility index (Phi) is 6.22. The smallest absolute Gasteiger partial charge is 0.303 e. The zero-order valence-corrected chi connectivity index (χ0v) is 14.1. The van der Waals surface area contributed by atoms with E-state index in [-0.39, 0.29) is 37.5 Å². The van der Waals surface area contributed by atoms with Crippen LogP contribution < -0.4 is 21.1 Å². The van der Waals surface area contributed by atoms with Crippen molar-refractivity contribution in [1.29, 1.82) is 0 Å². The maximum absolute atomic E-state index is 11.2. The zero-order chi connectivity index (χ0) is 17.6. The topological polar surface area (TPSA) is 106 Å². The minimum absolute atomic E-state index is 0.00857. The molecule has 0 aromatic heterocycles. The Hall–Kier alpha value is -1.71. The number of ether oxygens (including phenoxy) is 1. The van der Waals surface area contributed by atoms with E-state index in [0.717, 1.165) is 37.5 Å². The monoisotopic (exact) mass is 350 g/mol. The number of hydrogen-bond donors (Lipinski definition) is 5. The predicted molar refractivity (Wildman–Crippen MR) is 91.6 cm³/mol. The largest absolute Gasteiger partial charge is 0.491 e. The molecular formula is C17H26N4O4. The summed E-state index contributed by atoms with van der Waals surface area (Å²) >= 11 is 0. The van der Waals surface area contributed by atoms with Crippen LogP contribution in [0.3, 0.4) is 0 Å². The van der Waals surface area contributed by atoms with Crippen LogP contribution in [-0.2, 0) is 11.3 Å². The van der Waals surface area contributed by atoms with Gasteiger partial charge in [-0.3, -0.25) is 9.69 Å². The quantitative estimate of drug-likeness (QED) is 0.430. The Morgan fingerprint density at radius 2 is 2.24 bits per heavy atom. The van der Waals surface area contributed by atoms with Gasteiger partial charge in [-0.2, -0.15) is 5.53 Å². The normalized spacial score (nSPS) is 26.8. The molecule has 2 heterocycles. The van der Waals surface area contributed by atoms with Crippen molar-refractivity contribution < 1.29 is 19.7 Å². The van der Waals surface area contributed by atoms with E-state index in [1.807, 2.05) is 24.3 Å². The lowest BCUT2D eigenvalue weighted by molar-refractivity contribution is -0.138. The average Bonchev–Trinajstić information content (AvgIpc) is 3.22. The van der Waals surface area contributed by atoms with E-state index in [1.165, 1.54) is 0 Å². The number of carboxylic acids is 1. The summed E-state index contributed by atoms with van der Waals surface area (Å²) in [6, 6.07) is 8.07. The highest BCUT2D eigenvalue weighted by atomic mass is 16.5. The highest BCUT2D eigenvalue weighted by Crippen LogP contribution is 2.31. The number of aliphatic hydroxyl groups excluding tert-OH is 1. The van der Waals surface area contributed by atoms with Crippen LogP contribution in [0.5, 0.6) is 5.75 Å². The lowest BCUT2D eigenvalue weighted by Crippen LogP contribution is -2.41. The van der Waals surface area contributed by atoms with Gasteiger partial charge < -0.3 is 14.9 Å². The summed E-state index contributed by atoms with van der Waals surface area (Å²) in [5, 5.41) is 18.1. The standard InChI is InChI=1S/C17H26N4O4/c22-4-5-25-14-3-1-2-12(6-14)9-21-10-13(7-17(23)24)15(11-21)16-8-18-20-19-16/h1-3,6,13,15-16,18-20,22H,4-5,7-11H2,(H,23,24)/t13-,15+,16?/m1/s1. The number of aliphatic hydroxyl groups is 1. The van der Waals surface area contributed by atoms with Crippen molar-refractivity contribution >= 4 is 5.97 Å². The molecule has 0 aliphatic carbocycles. The number of nitrogens with zero attached hydrogens (tertiary/aromatic N) is 1. The molecule has 3 atom stereocenters. The molecule has 8 nitrogen and oxygen atoms in total. The number of carbonyl (C=O) groups is 1. The first-order valence-corrected chi connectivity index (χ1v) is 8.66. The van der Waals surface area contributed by atoms with Crippen LogP contribution in [-0.4, -0.2) is 60.0 Å². The minimum Gasteiger partial charge on any atom is -0.491 e. The van der Waals surface area contributed by atoms with Gasteiger partial charge >= 0.3 is 5.97 Å². The fraction of sp³-hybridized carbons (Fsp3) is 0.588. The van der Waals surface area contributed by atoms with Gasteiger partial charge in [0.25, 0.3) is 0 Å². The SMILES string of the molecule is O=C(O)C[C@@H]1CN(Cc2cccc(OCCO)c2)C[C@@H]1C1CNNN1. The van der Waals surface area contributed by atoms with Gasteiger partial charge in [0.05, 0.1) is 6.61 Å². The maximum Gasteiger partial charge on any atom is 0.303 e. The Morgan fingerprint density at radius 3 is 2.96 bits per heavy atom. The molecular weight excluding hydrogens is 324 g/mol. The molecule has 0 saturated carbocycles. The lowest BCUT2D eigenvalue weighted by Gasteiger charge is -2.22. The average molecular weight is 350 g/mol. The number of benzene rings is 1. The number of rotatable bonds is 8. The van der Waals surface area contributed by atoms with E-state index in [1.54, 1.807) is 0 Å². The molecule has 3 rings (SSSR count). The summed E-state index contributed by atoms with van der Waals surface area (Å²) in [4.78, 5) is 13.5. The van der Waals surface area contributed by atoms with Crippen molar-refractivity contribution in [3.63, 3.8) is 0 Å². The van der Waals surface area contributed by atoms with Gasteiger partial charge in [0.2, 0.25) is 0 Å². The van der Waals surface area contributed by atoms with Crippen molar-refractivity contribution in [3.05, 3.63) is 29.8 Å². The zero-order valence-electron chi connectivity index (χ0n) is 14.1. The molecule has 8 heteroatoms. The summed E-state index contributed by atoms with van der Waals surface area (Å²) in [5.74, 6) is 0.420. The summed E-state index contributed by atoms with van der Waals surface area (Å²) in [5.41, 5.74) is 10.3. The van der Waals surface area contributed by atoms with Crippen LogP contribution in [0.4, 0.5) is 0 Å². The highest BCUT2D eigenvalue weighted by Gasteiger charge is 2.39. The van der Waals surface area contributed by atoms with E-state index < -0.39 is 5.97 Å². The summed E-state index contributed by atoms with van der Waals surface area (Å²) in [6.07, 6.45) is 0.193. The first-order valence-electron chi connectivity index (χ1n) is 8.66. The molecule has 138 valence electrons. The molecule has 2 fully saturated rings. The summed E-state index contributed by atoms with van der Waals surface area (Å²) in [6.45, 7) is 3.46. The van der Waals surface area contributed by atoms with Gasteiger partial charge in [-0.1, -0.05) is 12.1 Å². The molecule has 0 radical (unpaired) electrons. The number of nitrogens with one attached hydrogen (secondary N) is 3. The van der Waals surface area contributed by atoms with Gasteiger partial charge in [0.15, 0.2) is 0 Å². The third-order valence-corrected chi connectivity index (χ3v) is 4.85. The lowest BCUT2D eigenvalue weighted by atomic mass is 9.87.